The molecule has 20 heavy (non-hydrogen) atoms. The normalized spacial score (nSPS) is 11.1. The topological polar surface area (TPSA) is 63.3 Å². The quantitative estimate of drug-likeness (QED) is 0.902. The third-order valence-electron chi connectivity index (χ3n) is 2.99. The molecule has 0 unspecified atom stereocenters. The van der Waals surface area contributed by atoms with Crippen LogP contribution in [0.4, 0.5) is 0 Å². The fraction of sp³-hybridized carbons (Fsp3) is 0.333. The molecule has 0 bridgehead atoms. The molecule has 1 aromatic heterocycles. The number of carbonyl (C=O) groups is 1. The Labute approximate surface area is 126 Å². The van der Waals surface area contributed by atoms with Gasteiger partial charge in [0.1, 0.15) is 0 Å². The van der Waals surface area contributed by atoms with Crippen LogP contribution >= 0.6 is 15.9 Å². The molecule has 0 fully saturated rings. The molecule has 1 aromatic carbocycles. The summed E-state index contributed by atoms with van der Waals surface area (Å²) in [5.41, 5.74) is 2.28. The fourth-order valence-corrected chi connectivity index (χ4v) is 2.36. The van der Waals surface area contributed by atoms with Gasteiger partial charge in [-0.25, -0.2) is 9.78 Å². The molecule has 0 aliphatic heterocycles. The molecule has 0 radical (unpaired) electrons. The molecule has 0 saturated heterocycles. The van der Waals surface area contributed by atoms with Crippen LogP contribution < -0.4 is 0 Å². The molecule has 1 heterocycles. The number of carboxylic acids is 1. The van der Waals surface area contributed by atoms with Crippen LogP contribution in [0.2, 0.25) is 0 Å². The molecule has 1 N–H and O–H groups in total. The lowest BCUT2D eigenvalue weighted by Gasteiger charge is -2.03. The van der Waals surface area contributed by atoms with E-state index in [0.717, 1.165) is 15.6 Å². The second-order valence-electron chi connectivity index (χ2n) is 5.11. The number of aromatic nitrogens is 1. The van der Waals surface area contributed by atoms with Crippen molar-refractivity contribution >= 4 is 21.9 Å². The lowest BCUT2D eigenvalue weighted by Crippen LogP contribution is -2.03. The monoisotopic (exact) mass is 337 g/mol. The number of hydrogen-bond acceptors (Lipinski definition) is 3. The second-order valence-corrected chi connectivity index (χ2v) is 5.96. The molecule has 0 spiro atoms. The minimum atomic E-state index is -1.08. The van der Waals surface area contributed by atoms with Gasteiger partial charge in [-0.2, -0.15) is 0 Å². The Morgan fingerprint density at radius 1 is 1.45 bits per heavy atom. The summed E-state index contributed by atoms with van der Waals surface area (Å²) in [4.78, 5) is 15.6. The van der Waals surface area contributed by atoms with Gasteiger partial charge in [-0.3, -0.25) is 0 Å². The third-order valence-corrected chi connectivity index (χ3v) is 3.85. The van der Waals surface area contributed by atoms with Crippen molar-refractivity contribution < 1.29 is 14.3 Å². The summed E-state index contributed by atoms with van der Waals surface area (Å²) in [7, 11) is 0. The van der Waals surface area contributed by atoms with Crippen molar-refractivity contribution in [2.24, 2.45) is 5.92 Å². The zero-order valence-corrected chi connectivity index (χ0v) is 13.2. The number of oxazole rings is 1. The number of halogens is 1. The summed E-state index contributed by atoms with van der Waals surface area (Å²) in [5.74, 6) is -0.466. The van der Waals surface area contributed by atoms with Crippen molar-refractivity contribution in [3.63, 3.8) is 0 Å². The Kier molecular flexibility index (Phi) is 4.28. The Balaban J connectivity index is 2.53. The molecule has 2 rings (SSSR count). The van der Waals surface area contributed by atoms with Gasteiger partial charge in [-0.05, 0) is 37.0 Å². The number of carboxylic acid groups (broad SMARTS) is 1. The molecule has 0 aliphatic rings. The highest BCUT2D eigenvalue weighted by atomic mass is 79.9. The van der Waals surface area contributed by atoms with Crippen molar-refractivity contribution in [2.45, 2.75) is 27.2 Å². The fourth-order valence-electron chi connectivity index (χ4n) is 2.00. The summed E-state index contributed by atoms with van der Waals surface area (Å²) < 4.78 is 6.41. The van der Waals surface area contributed by atoms with Crippen LogP contribution in [0.25, 0.3) is 11.5 Å². The summed E-state index contributed by atoms with van der Waals surface area (Å²) in [5, 5.41) is 9.22. The van der Waals surface area contributed by atoms with Gasteiger partial charge in [0.05, 0.1) is 5.69 Å². The van der Waals surface area contributed by atoms with E-state index in [1.165, 1.54) is 0 Å². The van der Waals surface area contributed by atoms with Crippen molar-refractivity contribution in [1.82, 2.24) is 4.98 Å². The molecular weight excluding hydrogens is 322 g/mol. The van der Waals surface area contributed by atoms with Crippen LogP contribution in [0, 0.1) is 12.8 Å². The van der Waals surface area contributed by atoms with Gasteiger partial charge in [-0.15, -0.1) is 0 Å². The van der Waals surface area contributed by atoms with Crippen molar-refractivity contribution in [3.8, 4) is 11.5 Å². The summed E-state index contributed by atoms with van der Waals surface area (Å²) >= 11 is 3.45. The highest BCUT2D eigenvalue weighted by Crippen LogP contribution is 2.30. The van der Waals surface area contributed by atoms with Crippen LogP contribution in [0.3, 0.4) is 0 Å². The van der Waals surface area contributed by atoms with Gasteiger partial charge in [0, 0.05) is 10.0 Å². The minimum absolute atomic E-state index is 0.0620. The maximum Gasteiger partial charge on any atom is 0.373 e. The summed E-state index contributed by atoms with van der Waals surface area (Å²) in [6.45, 7) is 5.97. The zero-order valence-electron chi connectivity index (χ0n) is 11.6. The molecule has 0 aliphatic carbocycles. The van der Waals surface area contributed by atoms with E-state index >= 15 is 0 Å². The first-order valence-corrected chi connectivity index (χ1v) is 7.18. The number of benzene rings is 1. The smallest absolute Gasteiger partial charge is 0.373 e. The average Bonchev–Trinajstić information content (AvgIpc) is 2.75. The largest absolute Gasteiger partial charge is 0.475 e. The molecular formula is C15H16BrNO3. The number of nitrogens with zero attached hydrogens (tertiary/aromatic N) is 1. The molecule has 0 atom stereocenters. The molecule has 0 amide bonds. The van der Waals surface area contributed by atoms with E-state index in [2.05, 4.69) is 20.9 Å². The van der Waals surface area contributed by atoms with Crippen molar-refractivity contribution in [3.05, 3.63) is 39.7 Å². The van der Waals surface area contributed by atoms with E-state index < -0.39 is 5.97 Å². The first-order chi connectivity index (χ1) is 9.40. The SMILES string of the molecule is Cc1c(Br)cccc1-c1nc(CC(C)C)c(C(=O)O)o1. The van der Waals surface area contributed by atoms with E-state index in [9.17, 15) is 9.90 Å². The van der Waals surface area contributed by atoms with Crippen LogP contribution in [0.5, 0.6) is 0 Å². The molecule has 2 aromatic rings. The van der Waals surface area contributed by atoms with Gasteiger partial charge >= 0.3 is 5.97 Å². The Hall–Kier alpha value is -1.62. The molecule has 0 saturated carbocycles. The lowest BCUT2D eigenvalue weighted by molar-refractivity contribution is 0.0661. The number of aromatic carboxylic acids is 1. The minimum Gasteiger partial charge on any atom is -0.475 e. The second kappa shape index (κ2) is 5.79. The van der Waals surface area contributed by atoms with E-state index in [1.54, 1.807) is 0 Å². The standard InChI is InChI=1S/C15H16BrNO3/c1-8(2)7-12-13(15(18)19)20-14(17-12)10-5-4-6-11(16)9(10)3/h4-6,8H,7H2,1-3H3,(H,18,19). The predicted molar refractivity (Wildman–Crippen MR) is 79.9 cm³/mol. The molecule has 5 heteroatoms. The van der Waals surface area contributed by atoms with Gasteiger partial charge in [0.2, 0.25) is 11.7 Å². The Bertz CT molecular complexity index is 647. The zero-order chi connectivity index (χ0) is 14.9. The van der Waals surface area contributed by atoms with E-state index in [1.807, 2.05) is 39.0 Å². The summed E-state index contributed by atoms with van der Waals surface area (Å²) in [6, 6.07) is 5.67. The van der Waals surface area contributed by atoms with Crippen molar-refractivity contribution in [1.29, 1.82) is 0 Å². The third kappa shape index (κ3) is 2.93. The lowest BCUT2D eigenvalue weighted by atomic mass is 10.1. The van der Waals surface area contributed by atoms with Crippen LogP contribution in [-0.4, -0.2) is 16.1 Å². The van der Waals surface area contributed by atoms with E-state index in [-0.39, 0.29) is 5.76 Å². The first-order valence-electron chi connectivity index (χ1n) is 6.38. The van der Waals surface area contributed by atoms with Gasteiger partial charge in [-0.1, -0.05) is 35.8 Å². The first kappa shape index (κ1) is 14.8. The average molecular weight is 338 g/mol. The van der Waals surface area contributed by atoms with Crippen LogP contribution in [0.1, 0.15) is 35.7 Å². The van der Waals surface area contributed by atoms with Gasteiger partial charge < -0.3 is 9.52 Å². The van der Waals surface area contributed by atoms with Crippen molar-refractivity contribution in [2.75, 3.05) is 0 Å². The molecule has 106 valence electrons. The predicted octanol–water partition coefficient (Wildman–Crippen LogP) is 4.31. The Morgan fingerprint density at radius 3 is 2.75 bits per heavy atom. The maximum atomic E-state index is 11.3. The molecule has 4 nitrogen and oxygen atoms in total. The van der Waals surface area contributed by atoms with Gasteiger partial charge in [0.25, 0.3) is 0 Å². The van der Waals surface area contributed by atoms with E-state index in [4.69, 9.17) is 4.42 Å². The highest BCUT2D eigenvalue weighted by molar-refractivity contribution is 9.10. The number of hydrogen-bond donors (Lipinski definition) is 1. The Morgan fingerprint density at radius 2 is 2.15 bits per heavy atom. The van der Waals surface area contributed by atoms with E-state index in [0.29, 0.717) is 23.9 Å². The van der Waals surface area contributed by atoms with Crippen LogP contribution in [-0.2, 0) is 6.42 Å². The number of rotatable bonds is 4. The highest BCUT2D eigenvalue weighted by Gasteiger charge is 2.22. The van der Waals surface area contributed by atoms with Crippen LogP contribution in [0.15, 0.2) is 27.1 Å². The van der Waals surface area contributed by atoms with Gasteiger partial charge in [0.15, 0.2) is 0 Å². The summed E-state index contributed by atoms with van der Waals surface area (Å²) in [6.07, 6.45) is 0.582. The maximum absolute atomic E-state index is 11.3.